The molecule has 2 aliphatic heterocycles. The molecular weight excluding hydrogens is 457 g/mol. The standard InChI is InChI=1S/C27H30FN7O/c28-23-7-5-20(6-8-23)21-9-14-34(15-10-21)19-22-18-30-27(29-11-16-33-12-1-2-13-33)35-26(22)31-25(32-35)24-4-3-17-36-24/h3-9,17-18H,1-2,10-16,19H2,(H,29,30). The molecule has 9 heteroatoms. The van der Waals surface area contributed by atoms with Gasteiger partial charge in [-0.15, -0.1) is 5.10 Å². The molecule has 0 saturated carbocycles. The zero-order chi connectivity index (χ0) is 24.3. The van der Waals surface area contributed by atoms with E-state index in [0.29, 0.717) is 24.1 Å². The van der Waals surface area contributed by atoms with Gasteiger partial charge in [-0.2, -0.15) is 4.52 Å². The number of fused-ring (bicyclic) bond motifs is 1. The number of furan rings is 1. The number of anilines is 1. The van der Waals surface area contributed by atoms with E-state index in [1.54, 1.807) is 10.8 Å². The third-order valence-corrected chi connectivity index (χ3v) is 6.99. The van der Waals surface area contributed by atoms with Gasteiger partial charge in [0.2, 0.25) is 11.8 Å². The zero-order valence-electron chi connectivity index (χ0n) is 20.2. The van der Waals surface area contributed by atoms with Crippen molar-refractivity contribution in [3.05, 3.63) is 71.9 Å². The lowest BCUT2D eigenvalue weighted by Gasteiger charge is -2.26. The normalized spacial score (nSPS) is 17.1. The maximum atomic E-state index is 13.3. The Morgan fingerprint density at radius 1 is 1.03 bits per heavy atom. The fourth-order valence-corrected chi connectivity index (χ4v) is 5.02. The molecule has 186 valence electrons. The predicted molar refractivity (Wildman–Crippen MR) is 137 cm³/mol. The minimum absolute atomic E-state index is 0.204. The van der Waals surface area contributed by atoms with Crippen LogP contribution in [0.1, 0.15) is 30.4 Å². The van der Waals surface area contributed by atoms with Crippen LogP contribution in [0.3, 0.4) is 0 Å². The fourth-order valence-electron chi connectivity index (χ4n) is 5.02. The van der Waals surface area contributed by atoms with Crippen LogP contribution in [0, 0.1) is 5.82 Å². The third kappa shape index (κ3) is 4.89. The molecule has 4 aromatic rings. The largest absolute Gasteiger partial charge is 0.461 e. The van der Waals surface area contributed by atoms with Gasteiger partial charge in [-0.3, -0.25) is 4.90 Å². The summed E-state index contributed by atoms with van der Waals surface area (Å²) in [6, 6.07) is 10.5. The first-order valence-electron chi connectivity index (χ1n) is 12.6. The van der Waals surface area contributed by atoms with Crippen molar-refractivity contribution in [2.75, 3.05) is 44.6 Å². The summed E-state index contributed by atoms with van der Waals surface area (Å²) >= 11 is 0. The summed E-state index contributed by atoms with van der Waals surface area (Å²) in [6.45, 7) is 6.57. The number of benzene rings is 1. The van der Waals surface area contributed by atoms with E-state index in [1.165, 1.54) is 43.6 Å². The van der Waals surface area contributed by atoms with Gasteiger partial charge in [-0.1, -0.05) is 18.2 Å². The highest BCUT2D eigenvalue weighted by Gasteiger charge is 2.20. The first-order chi connectivity index (χ1) is 17.7. The highest BCUT2D eigenvalue weighted by atomic mass is 19.1. The van der Waals surface area contributed by atoms with E-state index in [1.807, 2.05) is 30.5 Å². The van der Waals surface area contributed by atoms with Gasteiger partial charge in [0.05, 0.1) is 6.26 Å². The minimum Gasteiger partial charge on any atom is -0.461 e. The Hall–Kier alpha value is -3.56. The lowest BCUT2D eigenvalue weighted by atomic mass is 9.99. The van der Waals surface area contributed by atoms with Gasteiger partial charge >= 0.3 is 0 Å². The van der Waals surface area contributed by atoms with Crippen LogP contribution in [0.4, 0.5) is 10.3 Å². The molecule has 0 aliphatic carbocycles. The van der Waals surface area contributed by atoms with Crippen molar-refractivity contribution in [2.45, 2.75) is 25.8 Å². The Kier molecular flexibility index (Phi) is 6.48. The number of rotatable bonds is 8. The number of halogens is 1. The van der Waals surface area contributed by atoms with Crippen molar-refractivity contribution in [1.82, 2.24) is 29.4 Å². The van der Waals surface area contributed by atoms with E-state index in [0.717, 1.165) is 49.4 Å². The summed E-state index contributed by atoms with van der Waals surface area (Å²) in [6.07, 6.45) is 9.25. The van der Waals surface area contributed by atoms with Crippen molar-refractivity contribution in [3.8, 4) is 11.6 Å². The van der Waals surface area contributed by atoms with Crippen molar-refractivity contribution < 1.29 is 8.81 Å². The van der Waals surface area contributed by atoms with E-state index < -0.39 is 0 Å². The van der Waals surface area contributed by atoms with Gasteiger partial charge in [-0.25, -0.2) is 14.4 Å². The Morgan fingerprint density at radius 3 is 2.64 bits per heavy atom. The second-order valence-corrected chi connectivity index (χ2v) is 9.45. The Morgan fingerprint density at radius 2 is 1.89 bits per heavy atom. The van der Waals surface area contributed by atoms with Crippen LogP contribution in [0.25, 0.3) is 22.8 Å². The summed E-state index contributed by atoms with van der Waals surface area (Å²) in [4.78, 5) is 14.4. The second kappa shape index (κ2) is 10.2. The van der Waals surface area contributed by atoms with E-state index in [-0.39, 0.29) is 5.82 Å². The molecule has 0 bridgehead atoms. The average Bonchev–Trinajstić information content (AvgIpc) is 3.68. The predicted octanol–water partition coefficient (Wildman–Crippen LogP) is 4.32. The van der Waals surface area contributed by atoms with Gasteiger partial charge in [0.1, 0.15) is 5.82 Å². The van der Waals surface area contributed by atoms with Crippen LogP contribution in [0.2, 0.25) is 0 Å². The molecule has 0 amide bonds. The second-order valence-electron chi connectivity index (χ2n) is 9.45. The summed E-state index contributed by atoms with van der Waals surface area (Å²) in [5, 5.41) is 8.19. The van der Waals surface area contributed by atoms with Crippen LogP contribution < -0.4 is 5.32 Å². The number of nitrogens with zero attached hydrogens (tertiary/aromatic N) is 6. The van der Waals surface area contributed by atoms with E-state index in [9.17, 15) is 4.39 Å². The Labute approximate surface area is 209 Å². The maximum absolute atomic E-state index is 13.3. The molecule has 2 aliphatic rings. The van der Waals surface area contributed by atoms with Gasteiger partial charge in [0.25, 0.3) is 0 Å². The van der Waals surface area contributed by atoms with E-state index in [2.05, 4.69) is 21.2 Å². The van der Waals surface area contributed by atoms with Crippen LogP contribution >= 0.6 is 0 Å². The molecule has 0 unspecified atom stereocenters. The van der Waals surface area contributed by atoms with Crippen LogP contribution in [-0.4, -0.2) is 68.7 Å². The van der Waals surface area contributed by atoms with Crippen molar-refractivity contribution in [2.24, 2.45) is 0 Å². The van der Waals surface area contributed by atoms with Gasteiger partial charge in [0.15, 0.2) is 11.4 Å². The highest BCUT2D eigenvalue weighted by Crippen LogP contribution is 2.25. The number of nitrogens with one attached hydrogen (secondary N) is 1. The average molecular weight is 488 g/mol. The molecule has 1 N–H and O–H groups in total. The molecule has 0 radical (unpaired) electrons. The molecule has 6 rings (SSSR count). The summed E-state index contributed by atoms with van der Waals surface area (Å²) in [5.41, 5.74) is 4.15. The minimum atomic E-state index is -0.204. The number of hydrogen-bond acceptors (Lipinski definition) is 7. The first kappa shape index (κ1) is 22.9. The van der Waals surface area contributed by atoms with Crippen molar-refractivity contribution >= 4 is 17.2 Å². The summed E-state index contributed by atoms with van der Waals surface area (Å²) < 4.78 is 20.7. The smallest absolute Gasteiger partial charge is 0.225 e. The van der Waals surface area contributed by atoms with Gasteiger partial charge in [0, 0.05) is 44.5 Å². The molecule has 0 atom stereocenters. The lowest BCUT2D eigenvalue weighted by molar-refractivity contribution is 0.294. The summed E-state index contributed by atoms with van der Waals surface area (Å²) in [5.74, 6) is 1.67. The molecule has 1 aromatic carbocycles. The van der Waals surface area contributed by atoms with Crippen molar-refractivity contribution in [1.29, 1.82) is 0 Å². The van der Waals surface area contributed by atoms with Crippen molar-refractivity contribution in [3.63, 3.8) is 0 Å². The maximum Gasteiger partial charge on any atom is 0.225 e. The highest BCUT2D eigenvalue weighted by molar-refractivity contribution is 5.66. The van der Waals surface area contributed by atoms with Crippen LogP contribution in [0.5, 0.6) is 0 Å². The Bertz CT molecular complexity index is 1340. The summed E-state index contributed by atoms with van der Waals surface area (Å²) in [7, 11) is 0. The molecule has 36 heavy (non-hydrogen) atoms. The molecule has 3 aromatic heterocycles. The quantitative estimate of drug-likeness (QED) is 0.397. The Balaban J connectivity index is 1.21. The van der Waals surface area contributed by atoms with Gasteiger partial charge in [-0.05, 0) is 67.8 Å². The molecule has 1 fully saturated rings. The number of aromatic nitrogens is 4. The first-order valence-corrected chi connectivity index (χ1v) is 12.6. The fraction of sp³-hybridized carbons (Fsp3) is 0.370. The lowest BCUT2D eigenvalue weighted by Crippen LogP contribution is -2.29. The number of hydrogen-bond donors (Lipinski definition) is 1. The monoisotopic (exact) mass is 487 g/mol. The number of likely N-dealkylation sites (tertiary alicyclic amines) is 1. The zero-order valence-corrected chi connectivity index (χ0v) is 20.2. The third-order valence-electron chi connectivity index (χ3n) is 6.99. The van der Waals surface area contributed by atoms with E-state index >= 15 is 0 Å². The molecule has 0 spiro atoms. The van der Waals surface area contributed by atoms with E-state index in [4.69, 9.17) is 19.5 Å². The molecular formula is C27H30FN7O. The molecule has 8 nitrogen and oxygen atoms in total. The van der Waals surface area contributed by atoms with Gasteiger partial charge < -0.3 is 14.6 Å². The molecule has 1 saturated heterocycles. The van der Waals surface area contributed by atoms with Crippen LogP contribution in [0.15, 0.2) is 59.4 Å². The molecule has 5 heterocycles. The van der Waals surface area contributed by atoms with Crippen LogP contribution in [-0.2, 0) is 6.54 Å². The topological polar surface area (TPSA) is 74.7 Å². The SMILES string of the molecule is Fc1ccc(C2=CCN(Cc3cnc(NCCN4CCCC4)n4nc(-c5ccco5)nc34)CC2)cc1.